The molecule has 1 aliphatic rings. The summed E-state index contributed by atoms with van der Waals surface area (Å²) in [6.07, 6.45) is 6.75. The van der Waals surface area contributed by atoms with Gasteiger partial charge in [-0.25, -0.2) is 0 Å². The van der Waals surface area contributed by atoms with Gasteiger partial charge in [-0.2, -0.15) is 5.26 Å². The molecule has 0 aliphatic carbocycles. The molecular weight excluding hydrogens is 420 g/mol. The van der Waals surface area contributed by atoms with Crippen molar-refractivity contribution in [2.45, 2.75) is 12.5 Å². The molecule has 6 heteroatoms. The lowest BCUT2D eigenvalue weighted by Crippen LogP contribution is -2.40. The highest BCUT2D eigenvalue weighted by molar-refractivity contribution is 6.30. The number of hydrogen-bond donors (Lipinski definition) is 1. The molecule has 1 atom stereocenters. The standard InChI is InChI=1S/C26H23ClN4O/c27-23-4-2-19(3-5-23)20-12-22(16-29-15-20)26(31-7-9-32-10-8-31)13-21-17-30-25-6-1-18(14-28)11-24(21)25/h1-6,11-12,15-17,26,30H,7-10,13H2. The smallest absolute Gasteiger partial charge is 0.0991 e. The Morgan fingerprint density at radius 3 is 2.66 bits per heavy atom. The highest BCUT2D eigenvalue weighted by atomic mass is 35.5. The van der Waals surface area contributed by atoms with E-state index >= 15 is 0 Å². The largest absolute Gasteiger partial charge is 0.379 e. The van der Waals surface area contributed by atoms with E-state index in [0.717, 1.165) is 59.8 Å². The number of pyridine rings is 1. The molecule has 0 saturated carbocycles. The fourth-order valence-corrected chi connectivity index (χ4v) is 4.54. The number of benzene rings is 2. The van der Waals surface area contributed by atoms with Crippen molar-refractivity contribution < 1.29 is 4.74 Å². The van der Waals surface area contributed by atoms with Crippen molar-refractivity contribution in [1.29, 1.82) is 5.26 Å². The fourth-order valence-electron chi connectivity index (χ4n) is 4.41. The zero-order chi connectivity index (χ0) is 21.9. The first kappa shape index (κ1) is 20.7. The first-order valence-electron chi connectivity index (χ1n) is 10.7. The number of nitriles is 1. The van der Waals surface area contributed by atoms with Gasteiger partial charge in [-0.1, -0.05) is 23.7 Å². The van der Waals surface area contributed by atoms with Gasteiger partial charge in [0.1, 0.15) is 0 Å². The van der Waals surface area contributed by atoms with Crippen LogP contribution in [0.5, 0.6) is 0 Å². The molecule has 5 rings (SSSR count). The molecule has 1 unspecified atom stereocenters. The number of nitrogens with zero attached hydrogens (tertiary/aromatic N) is 3. The Morgan fingerprint density at radius 1 is 1.06 bits per heavy atom. The van der Waals surface area contributed by atoms with Gasteiger partial charge in [-0.15, -0.1) is 0 Å². The van der Waals surface area contributed by atoms with Gasteiger partial charge in [0, 0.05) is 59.2 Å². The quantitative estimate of drug-likeness (QED) is 0.451. The van der Waals surface area contributed by atoms with Gasteiger partial charge >= 0.3 is 0 Å². The van der Waals surface area contributed by atoms with Crippen LogP contribution in [0.15, 0.2) is 67.1 Å². The van der Waals surface area contributed by atoms with Crippen molar-refractivity contribution in [2.75, 3.05) is 26.3 Å². The Morgan fingerprint density at radius 2 is 1.88 bits per heavy atom. The van der Waals surface area contributed by atoms with Crippen molar-refractivity contribution in [3.63, 3.8) is 0 Å². The van der Waals surface area contributed by atoms with Crippen molar-refractivity contribution in [2.24, 2.45) is 0 Å². The average Bonchev–Trinajstić information content (AvgIpc) is 3.25. The highest BCUT2D eigenvalue weighted by Crippen LogP contribution is 2.32. The molecule has 1 N–H and O–H groups in total. The summed E-state index contributed by atoms with van der Waals surface area (Å²) in [5.41, 5.74) is 6.26. The van der Waals surface area contributed by atoms with Crippen LogP contribution in [-0.4, -0.2) is 41.2 Å². The maximum absolute atomic E-state index is 9.35. The summed E-state index contributed by atoms with van der Waals surface area (Å²) in [6.45, 7) is 3.21. The minimum absolute atomic E-state index is 0.156. The Kier molecular flexibility index (Phi) is 5.91. The SMILES string of the molecule is N#Cc1ccc2[nH]cc(CC(c3cncc(-c4ccc(Cl)cc4)c3)N3CCOCC3)c2c1. The maximum Gasteiger partial charge on any atom is 0.0991 e. The zero-order valence-electron chi connectivity index (χ0n) is 17.6. The lowest BCUT2D eigenvalue weighted by atomic mass is 9.95. The summed E-state index contributed by atoms with van der Waals surface area (Å²) in [5, 5.41) is 11.2. The number of halogens is 1. The minimum atomic E-state index is 0.156. The Labute approximate surface area is 192 Å². The van der Waals surface area contributed by atoms with E-state index in [1.165, 1.54) is 11.1 Å². The summed E-state index contributed by atoms with van der Waals surface area (Å²) in [5.74, 6) is 0. The third-order valence-electron chi connectivity index (χ3n) is 6.12. The summed E-state index contributed by atoms with van der Waals surface area (Å²) in [4.78, 5) is 10.4. The van der Waals surface area contributed by atoms with Crippen molar-refractivity contribution in [1.82, 2.24) is 14.9 Å². The summed E-state index contributed by atoms with van der Waals surface area (Å²) < 4.78 is 5.61. The second-order valence-corrected chi connectivity index (χ2v) is 8.50. The highest BCUT2D eigenvalue weighted by Gasteiger charge is 2.25. The van der Waals surface area contributed by atoms with Gasteiger partial charge in [0.25, 0.3) is 0 Å². The van der Waals surface area contributed by atoms with E-state index in [1.807, 2.05) is 54.9 Å². The predicted octanol–water partition coefficient (Wildman–Crippen LogP) is 5.37. The number of aromatic nitrogens is 2. The van der Waals surface area contributed by atoms with Gasteiger partial charge in [0.05, 0.1) is 24.8 Å². The molecule has 4 aromatic rings. The van der Waals surface area contributed by atoms with E-state index in [-0.39, 0.29) is 6.04 Å². The molecule has 2 aromatic carbocycles. The molecule has 1 saturated heterocycles. The summed E-state index contributed by atoms with van der Waals surface area (Å²) in [6, 6.07) is 18.3. The molecule has 32 heavy (non-hydrogen) atoms. The number of aromatic amines is 1. The third-order valence-corrected chi connectivity index (χ3v) is 6.37. The van der Waals surface area contributed by atoms with E-state index in [4.69, 9.17) is 16.3 Å². The number of H-pyrrole nitrogens is 1. The van der Waals surface area contributed by atoms with Gasteiger partial charge < -0.3 is 9.72 Å². The predicted molar refractivity (Wildman–Crippen MR) is 127 cm³/mol. The topological polar surface area (TPSA) is 64.9 Å². The fraction of sp³-hybridized carbons (Fsp3) is 0.231. The minimum Gasteiger partial charge on any atom is -0.379 e. The zero-order valence-corrected chi connectivity index (χ0v) is 18.3. The molecule has 0 radical (unpaired) electrons. The van der Waals surface area contributed by atoms with Crippen LogP contribution >= 0.6 is 11.6 Å². The lowest BCUT2D eigenvalue weighted by molar-refractivity contribution is 0.0161. The molecule has 2 aromatic heterocycles. The van der Waals surface area contributed by atoms with E-state index in [9.17, 15) is 5.26 Å². The molecule has 0 spiro atoms. The maximum atomic E-state index is 9.35. The van der Waals surface area contributed by atoms with E-state index < -0.39 is 0 Å². The van der Waals surface area contributed by atoms with Crippen LogP contribution < -0.4 is 0 Å². The number of fused-ring (bicyclic) bond motifs is 1. The summed E-state index contributed by atoms with van der Waals surface area (Å²) >= 11 is 6.07. The number of ether oxygens (including phenoxy) is 1. The van der Waals surface area contributed by atoms with Crippen molar-refractivity contribution >= 4 is 22.5 Å². The van der Waals surface area contributed by atoms with Crippen LogP contribution in [-0.2, 0) is 11.2 Å². The number of rotatable bonds is 5. The van der Waals surface area contributed by atoms with E-state index in [1.54, 1.807) is 0 Å². The molecule has 0 bridgehead atoms. The van der Waals surface area contributed by atoms with E-state index in [2.05, 4.69) is 33.2 Å². The van der Waals surface area contributed by atoms with Crippen LogP contribution in [0.2, 0.25) is 5.02 Å². The van der Waals surface area contributed by atoms with Crippen molar-refractivity contribution in [3.05, 3.63) is 88.8 Å². The first-order chi connectivity index (χ1) is 15.7. The number of nitrogens with one attached hydrogen (secondary N) is 1. The van der Waals surface area contributed by atoms with Crippen LogP contribution in [0, 0.1) is 11.3 Å². The molecule has 1 fully saturated rings. The van der Waals surface area contributed by atoms with Crippen LogP contribution in [0.3, 0.4) is 0 Å². The van der Waals surface area contributed by atoms with Gasteiger partial charge in [-0.3, -0.25) is 9.88 Å². The second kappa shape index (κ2) is 9.13. The van der Waals surface area contributed by atoms with Crippen molar-refractivity contribution in [3.8, 4) is 17.2 Å². The van der Waals surface area contributed by atoms with Crippen LogP contribution in [0.1, 0.15) is 22.7 Å². The average molecular weight is 443 g/mol. The van der Waals surface area contributed by atoms with E-state index in [0.29, 0.717) is 5.56 Å². The normalized spacial score (nSPS) is 15.5. The monoisotopic (exact) mass is 442 g/mol. The Balaban J connectivity index is 1.53. The molecular formula is C26H23ClN4O. The lowest BCUT2D eigenvalue weighted by Gasteiger charge is -2.35. The third kappa shape index (κ3) is 4.26. The molecule has 0 amide bonds. The first-order valence-corrected chi connectivity index (χ1v) is 11.1. The van der Waals surface area contributed by atoms with Gasteiger partial charge in [0.15, 0.2) is 0 Å². The second-order valence-electron chi connectivity index (χ2n) is 8.07. The number of morpholine rings is 1. The molecule has 1 aliphatic heterocycles. The Hall–Kier alpha value is -3.17. The van der Waals surface area contributed by atoms with Crippen LogP contribution in [0.25, 0.3) is 22.0 Å². The summed E-state index contributed by atoms with van der Waals surface area (Å²) in [7, 11) is 0. The molecule has 3 heterocycles. The molecule has 160 valence electrons. The van der Waals surface area contributed by atoms with Gasteiger partial charge in [-0.05, 0) is 59.5 Å². The molecule has 5 nitrogen and oxygen atoms in total. The number of hydrogen-bond acceptors (Lipinski definition) is 4. The van der Waals surface area contributed by atoms with Crippen LogP contribution in [0.4, 0.5) is 0 Å². The Bertz CT molecular complexity index is 1270. The van der Waals surface area contributed by atoms with Gasteiger partial charge in [0.2, 0.25) is 0 Å².